The average Bonchev–Trinajstić information content (AvgIpc) is 2.59. The van der Waals surface area contributed by atoms with E-state index < -0.39 is 6.61 Å². The highest BCUT2D eigenvalue weighted by atomic mass is 19.3. The molecule has 0 radical (unpaired) electrons. The quantitative estimate of drug-likeness (QED) is 0.756. The highest BCUT2D eigenvalue weighted by molar-refractivity contribution is 5.92. The molecule has 0 spiro atoms. The van der Waals surface area contributed by atoms with Crippen molar-refractivity contribution in [2.45, 2.75) is 13.5 Å². The van der Waals surface area contributed by atoms with Gasteiger partial charge < -0.3 is 9.15 Å². The fourth-order valence-electron chi connectivity index (χ4n) is 1.23. The van der Waals surface area contributed by atoms with Crippen molar-refractivity contribution in [3.63, 3.8) is 0 Å². The lowest BCUT2D eigenvalue weighted by Crippen LogP contribution is -2.01. The van der Waals surface area contributed by atoms with Gasteiger partial charge >= 0.3 is 6.61 Å². The molecule has 1 aromatic carbocycles. The van der Waals surface area contributed by atoms with Crippen molar-refractivity contribution in [3.8, 4) is 5.75 Å². The third-order valence-corrected chi connectivity index (χ3v) is 1.89. The van der Waals surface area contributed by atoms with Crippen LogP contribution in [0.5, 0.6) is 5.75 Å². The summed E-state index contributed by atoms with van der Waals surface area (Å²) in [5, 5.41) is 0. The number of aromatic nitrogens is 1. The molecule has 6 heteroatoms. The van der Waals surface area contributed by atoms with E-state index in [1.807, 2.05) is 0 Å². The fraction of sp³-hybridized carbons (Fsp3) is 0.200. The van der Waals surface area contributed by atoms with Crippen LogP contribution < -0.4 is 4.74 Å². The van der Waals surface area contributed by atoms with Crippen LogP contribution in [0.2, 0.25) is 0 Å². The fourth-order valence-corrected chi connectivity index (χ4v) is 1.23. The van der Waals surface area contributed by atoms with Gasteiger partial charge in [0, 0.05) is 13.0 Å². The second-order valence-electron chi connectivity index (χ2n) is 3.08. The van der Waals surface area contributed by atoms with Crippen LogP contribution in [0, 0.1) is 0 Å². The average molecular weight is 227 g/mol. The maximum atomic E-state index is 11.9. The third kappa shape index (κ3) is 2.00. The van der Waals surface area contributed by atoms with Crippen LogP contribution in [-0.2, 0) is 0 Å². The van der Waals surface area contributed by atoms with Gasteiger partial charge in [-0.05, 0) is 12.1 Å². The van der Waals surface area contributed by atoms with E-state index in [9.17, 15) is 13.6 Å². The summed E-state index contributed by atoms with van der Waals surface area (Å²) >= 11 is 0. The van der Waals surface area contributed by atoms with Crippen molar-refractivity contribution in [2.75, 3.05) is 0 Å². The molecule has 0 N–H and O–H groups in total. The number of carbonyl (C=O) groups is 1. The van der Waals surface area contributed by atoms with Gasteiger partial charge in [0.1, 0.15) is 11.3 Å². The molecule has 0 aliphatic rings. The van der Waals surface area contributed by atoms with Gasteiger partial charge in [-0.25, -0.2) is 4.98 Å². The number of oxazole rings is 1. The van der Waals surface area contributed by atoms with Gasteiger partial charge in [0.25, 0.3) is 5.89 Å². The van der Waals surface area contributed by atoms with Gasteiger partial charge in [0.15, 0.2) is 5.58 Å². The smallest absolute Gasteiger partial charge is 0.387 e. The molecule has 4 nitrogen and oxygen atoms in total. The van der Waals surface area contributed by atoms with Crippen LogP contribution in [0.25, 0.3) is 11.1 Å². The summed E-state index contributed by atoms with van der Waals surface area (Å²) in [6.45, 7) is -1.59. The Morgan fingerprint density at radius 3 is 2.88 bits per heavy atom. The molecule has 0 aliphatic heterocycles. The van der Waals surface area contributed by atoms with E-state index in [0.29, 0.717) is 5.52 Å². The Hall–Kier alpha value is -1.98. The van der Waals surface area contributed by atoms with Gasteiger partial charge in [0.2, 0.25) is 5.78 Å². The van der Waals surface area contributed by atoms with Crippen LogP contribution in [-0.4, -0.2) is 17.4 Å². The van der Waals surface area contributed by atoms with Gasteiger partial charge in [-0.15, -0.1) is 0 Å². The Morgan fingerprint density at radius 1 is 1.50 bits per heavy atom. The summed E-state index contributed by atoms with van der Waals surface area (Å²) in [6.07, 6.45) is 0. The predicted octanol–water partition coefficient (Wildman–Crippen LogP) is 2.63. The van der Waals surface area contributed by atoms with Crippen LogP contribution in [0.4, 0.5) is 8.78 Å². The highest BCUT2D eigenvalue weighted by Crippen LogP contribution is 2.22. The molecule has 0 unspecified atom stereocenters. The number of alkyl halides is 2. The minimum absolute atomic E-state index is 0.0336. The Balaban J connectivity index is 2.41. The minimum atomic E-state index is -2.90. The number of nitrogens with zero attached hydrogens (tertiary/aromatic N) is 1. The van der Waals surface area contributed by atoms with Crippen LogP contribution in [0.1, 0.15) is 17.6 Å². The summed E-state index contributed by atoms with van der Waals surface area (Å²) in [5.74, 6) is -0.412. The number of carbonyl (C=O) groups excluding carboxylic acids is 1. The first kappa shape index (κ1) is 10.5. The second-order valence-corrected chi connectivity index (χ2v) is 3.08. The molecule has 0 aliphatic carbocycles. The molecule has 2 rings (SSSR count). The number of rotatable bonds is 3. The van der Waals surface area contributed by atoms with Crippen molar-refractivity contribution in [1.82, 2.24) is 4.98 Å². The zero-order valence-electron chi connectivity index (χ0n) is 8.24. The monoisotopic (exact) mass is 227 g/mol. The van der Waals surface area contributed by atoms with Gasteiger partial charge in [-0.1, -0.05) is 0 Å². The number of ketones is 1. The number of Topliss-reactive ketones (excluding diaryl/α,β-unsaturated/α-hetero) is 1. The van der Waals surface area contributed by atoms with Crippen molar-refractivity contribution in [2.24, 2.45) is 0 Å². The number of ether oxygens (including phenoxy) is 1. The van der Waals surface area contributed by atoms with Crippen LogP contribution in [0.3, 0.4) is 0 Å². The van der Waals surface area contributed by atoms with Crippen molar-refractivity contribution >= 4 is 16.9 Å². The number of halogens is 2. The number of benzene rings is 1. The lowest BCUT2D eigenvalue weighted by molar-refractivity contribution is -0.0497. The number of hydrogen-bond donors (Lipinski definition) is 0. The molecule has 0 amide bonds. The molecule has 0 saturated carbocycles. The van der Waals surface area contributed by atoms with E-state index in [1.165, 1.54) is 25.1 Å². The van der Waals surface area contributed by atoms with Gasteiger partial charge in [-0.3, -0.25) is 4.79 Å². The van der Waals surface area contributed by atoms with Crippen molar-refractivity contribution < 1.29 is 22.7 Å². The highest BCUT2D eigenvalue weighted by Gasteiger charge is 2.11. The normalized spacial score (nSPS) is 11.0. The zero-order chi connectivity index (χ0) is 11.7. The topological polar surface area (TPSA) is 52.3 Å². The molecule has 0 atom stereocenters. The maximum absolute atomic E-state index is 11.9. The second kappa shape index (κ2) is 3.88. The maximum Gasteiger partial charge on any atom is 0.387 e. The Bertz CT molecular complexity index is 536. The molecular formula is C10H7F2NO3. The van der Waals surface area contributed by atoms with Gasteiger partial charge in [0.05, 0.1) is 0 Å². The number of hydrogen-bond acceptors (Lipinski definition) is 4. The molecule has 0 fully saturated rings. The van der Waals surface area contributed by atoms with E-state index in [4.69, 9.17) is 4.42 Å². The minimum Gasteiger partial charge on any atom is -0.435 e. The molecule has 0 bridgehead atoms. The summed E-state index contributed by atoms with van der Waals surface area (Å²) in [7, 11) is 0. The van der Waals surface area contributed by atoms with Crippen molar-refractivity contribution in [1.29, 1.82) is 0 Å². The molecule has 84 valence electrons. The predicted molar refractivity (Wildman–Crippen MR) is 50.6 cm³/mol. The molecule has 2 aromatic rings. The molecule has 16 heavy (non-hydrogen) atoms. The first-order valence-electron chi connectivity index (χ1n) is 4.42. The van der Waals surface area contributed by atoms with E-state index in [-0.39, 0.29) is 23.0 Å². The Morgan fingerprint density at radius 2 is 2.25 bits per heavy atom. The first-order valence-corrected chi connectivity index (χ1v) is 4.42. The van der Waals surface area contributed by atoms with E-state index in [1.54, 1.807) is 0 Å². The lowest BCUT2D eigenvalue weighted by atomic mass is 10.3. The lowest BCUT2D eigenvalue weighted by Gasteiger charge is -2.02. The number of fused-ring (bicyclic) bond motifs is 1. The van der Waals surface area contributed by atoms with Crippen LogP contribution >= 0.6 is 0 Å². The first-order chi connectivity index (χ1) is 7.56. The summed E-state index contributed by atoms with van der Waals surface area (Å²) in [6, 6.07) is 4.05. The Labute approximate surface area is 88.8 Å². The SMILES string of the molecule is CC(=O)c1nc2ccc(OC(F)F)cc2o1. The Kier molecular flexibility index (Phi) is 2.55. The van der Waals surface area contributed by atoms with E-state index >= 15 is 0 Å². The third-order valence-electron chi connectivity index (χ3n) is 1.89. The standard InChI is InChI=1S/C10H7F2NO3/c1-5(14)9-13-7-3-2-6(15-10(11)12)4-8(7)16-9/h2-4,10H,1H3. The summed E-state index contributed by atoms with van der Waals surface area (Å²) < 4.78 is 33.1. The largest absolute Gasteiger partial charge is 0.435 e. The molecule has 1 aromatic heterocycles. The van der Waals surface area contributed by atoms with E-state index in [0.717, 1.165) is 0 Å². The molecule has 1 heterocycles. The zero-order valence-corrected chi connectivity index (χ0v) is 8.24. The molecule has 0 saturated heterocycles. The van der Waals surface area contributed by atoms with Crippen molar-refractivity contribution in [3.05, 3.63) is 24.1 Å². The molecular weight excluding hydrogens is 220 g/mol. The summed E-state index contributed by atoms with van der Waals surface area (Å²) in [5.41, 5.74) is 0.662. The van der Waals surface area contributed by atoms with E-state index in [2.05, 4.69) is 9.72 Å². The van der Waals surface area contributed by atoms with Crippen LogP contribution in [0.15, 0.2) is 22.6 Å². The van der Waals surface area contributed by atoms with Gasteiger partial charge in [-0.2, -0.15) is 8.78 Å². The summed E-state index contributed by atoms with van der Waals surface area (Å²) in [4.78, 5) is 14.8.